The van der Waals surface area contributed by atoms with Crippen LogP contribution in [-0.4, -0.2) is 0 Å². The first kappa shape index (κ1) is 30.0. The zero-order valence-corrected chi connectivity index (χ0v) is 24.4. The zero-order chi connectivity index (χ0) is 24.7. The molecule has 0 radical (unpaired) electrons. The van der Waals surface area contributed by atoms with Gasteiger partial charge in [-0.25, -0.2) is 0 Å². The first-order chi connectivity index (χ1) is 16.4. The maximum Gasteiger partial charge on any atom is -0.0175 e. The van der Waals surface area contributed by atoms with Crippen molar-refractivity contribution < 1.29 is 0 Å². The number of hydrogen-bond acceptors (Lipinski definition) is 0. The SMILES string of the molecule is CCCCCCCCCCCCCCC(C)C12CC=CC(C)(C)CCCCCC1CC(C)CC2. The van der Waals surface area contributed by atoms with E-state index in [1.54, 1.807) is 0 Å². The van der Waals surface area contributed by atoms with Gasteiger partial charge in [0.2, 0.25) is 0 Å². The highest BCUT2D eigenvalue weighted by atomic mass is 14.5. The van der Waals surface area contributed by atoms with Crippen LogP contribution in [-0.2, 0) is 0 Å². The molecule has 0 saturated heterocycles. The van der Waals surface area contributed by atoms with Crippen molar-refractivity contribution in [2.75, 3.05) is 0 Å². The molecule has 200 valence electrons. The average Bonchev–Trinajstić information content (AvgIpc) is 2.83. The van der Waals surface area contributed by atoms with Crippen LogP contribution in [0.5, 0.6) is 0 Å². The lowest BCUT2D eigenvalue weighted by Gasteiger charge is -2.50. The minimum atomic E-state index is 0.391. The summed E-state index contributed by atoms with van der Waals surface area (Å²) in [6.45, 7) is 12.4. The second kappa shape index (κ2) is 16.5. The van der Waals surface area contributed by atoms with Crippen molar-refractivity contribution in [2.45, 2.75) is 176 Å². The molecule has 1 fully saturated rings. The predicted molar refractivity (Wildman–Crippen MR) is 154 cm³/mol. The van der Waals surface area contributed by atoms with Crippen molar-refractivity contribution in [3.8, 4) is 0 Å². The topological polar surface area (TPSA) is 0 Å². The van der Waals surface area contributed by atoms with Crippen molar-refractivity contribution in [2.24, 2.45) is 28.6 Å². The number of rotatable bonds is 14. The molecule has 0 aliphatic heterocycles. The molecule has 2 rings (SSSR count). The normalized spacial score (nSPS) is 28.7. The van der Waals surface area contributed by atoms with Gasteiger partial charge in [-0.2, -0.15) is 0 Å². The number of hydrogen-bond donors (Lipinski definition) is 0. The first-order valence-electron chi connectivity index (χ1n) is 16.1. The molecule has 0 aromatic heterocycles. The van der Waals surface area contributed by atoms with Crippen molar-refractivity contribution >= 4 is 0 Å². The fourth-order valence-corrected chi connectivity index (χ4v) is 7.49. The molecule has 34 heavy (non-hydrogen) atoms. The van der Waals surface area contributed by atoms with E-state index in [1.807, 2.05) is 0 Å². The Morgan fingerprint density at radius 2 is 1.38 bits per heavy atom. The average molecular weight is 473 g/mol. The van der Waals surface area contributed by atoms with Gasteiger partial charge in [0.1, 0.15) is 0 Å². The van der Waals surface area contributed by atoms with Crippen LogP contribution in [0.1, 0.15) is 176 Å². The van der Waals surface area contributed by atoms with Gasteiger partial charge in [0.15, 0.2) is 0 Å². The Balaban J connectivity index is 1.78. The van der Waals surface area contributed by atoms with E-state index < -0.39 is 0 Å². The van der Waals surface area contributed by atoms with Gasteiger partial charge in [0, 0.05) is 0 Å². The standard InChI is InChI=1S/C34H64/c1-6-7-8-9-10-11-12-13-14-15-16-18-22-31(3)34-27-21-26-33(4,5)25-20-17-19-23-32(34)29-30(2)24-28-34/h21,26,30-32H,6-20,22-25,27-29H2,1-5H3. The quantitative estimate of drug-likeness (QED) is 0.174. The molecule has 2 aliphatic carbocycles. The molecule has 0 aromatic carbocycles. The van der Waals surface area contributed by atoms with Crippen molar-refractivity contribution in [1.82, 2.24) is 0 Å². The van der Waals surface area contributed by atoms with Gasteiger partial charge in [-0.3, -0.25) is 0 Å². The lowest BCUT2D eigenvalue weighted by atomic mass is 9.55. The van der Waals surface area contributed by atoms with Crippen LogP contribution >= 0.6 is 0 Å². The zero-order valence-electron chi connectivity index (χ0n) is 24.4. The van der Waals surface area contributed by atoms with E-state index in [2.05, 4.69) is 46.8 Å². The van der Waals surface area contributed by atoms with Gasteiger partial charge < -0.3 is 0 Å². The molecule has 0 N–H and O–H groups in total. The Hall–Kier alpha value is -0.260. The minimum absolute atomic E-state index is 0.391. The summed E-state index contributed by atoms with van der Waals surface area (Å²) in [6.07, 6.45) is 37.3. The summed E-state index contributed by atoms with van der Waals surface area (Å²) in [5.41, 5.74) is 0.975. The molecule has 0 heteroatoms. The van der Waals surface area contributed by atoms with Crippen molar-refractivity contribution in [1.29, 1.82) is 0 Å². The largest absolute Gasteiger partial charge is 0.0874 e. The second-order valence-electron chi connectivity index (χ2n) is 13.6. The highest BCUT2D eigenvalue weighted by Gasteiger charge is 2.44. The fourth-order valence-electron chi connectivity index (χ4n) is 7.49. The third-order valence-electron chi connectivity index (χ3n) is 10.0. The van der Waals surface area contributed by atoms with Crippen LogP contribution in [0, 0.1) is 28.6 Å². The molecule has 0 amide bonds. The molecule has 0 aromatic rings. The van der Waals surface area contributed by atoms with Crippen LogP contribution in [0.2, 0.25) is 0 Å². The van der Waals surface area contributed by atoms with Crippen molar-refractivity contribution in [3.05, 3.63) is 12.2 Å². The predicted octanol–water partition coefficient (Wildman–Crippen LogP) is 12.1. The third kappa shape index (κ3) is 10.8. The van der Waals surface area contributed by atoms with E-state index in [9.17, 15) is 0 Å². The molecule has 0 heterocycles. The van der Waals surface area contributed by atoms with E-state index in [0.717, 1.165) is 17.8 Å². The highest BCUT2D eigenvalue weighted by molar-refractivity contribution is 5.03. The molecule has 1 saturated carbocycles. The monoisotopic (exact) mass is 473 g/mol. The van der Waals surface area contributed by atoms with E-state index in [1.165, 1.54) is 141 Å². The summed E-state index contributed by atoms with van der Waals surface area (Å²) >= 11 is 0. The minimum Gasteiger partial charge on any atom is -0.0874 e. The Morgan fingerprint density at radius 3 is 2.03 bits per heavy atom. The Bertz CT molecular complexity index is 528. The summed E-state index contributed by atoms with van der Waals surface area (Å²) in [4.78, 5) is 0. The van der Waals surface area contributed by atoms with Crippen LogP contribution in [0.3, 0.4) is 0 Å². The van der Waals surface area contributed by atoms with Gasteiger partial charge in [-0.1, -0.05) is 156 Å². The van der Waals surface area contributed by atoms with Gasteiger partial charge in [0.05, 0.1) is 0 Å². The highest BCUT2D eigenvalue weighted by Crippen LogP contribution is 2.54. The lowest BCUT2D eigenvalue weighted by Crippen LogP contribution is -2.41. The van der Waals surface area contributed by atoms with Gasteiger partial charge in [-0.05, 0) is 60.7 Å². The van der Waals surface area contributed by atoms with Crippen LogP contribution in [0.15, 0.2) is 12.2 Å². The van der Waals surface area contributed by atoms with Crippen LogP contribution in [0.25, 0.3) is 0 Å². The summed E-state index contributed by atoms with van der Waals surface area (Å²) < 4.78 is 0. The number of allylic oxidation sites excluding steroid dienone is 2. The molecule has 4 atom stereocenters. The molecular formula is C34H64. The van der Waals surface area contributed by atoms with Gasteiger partial charge in [0.25, 0.3) is 0 Å². The molecular weight excluding hydrogens is 408 g/mol. The molecule has 0 spiro atoms. The lowest BCUT2D eigenvalue weighted by molar-refractivity contribution is 0.00395. The number of fused-ring (bicyclic) bond motifs is 1. The van der Waals surface area contributed by atoms with Crippen LogP contribution in [0.4, 0.5) is 0 Å². The summed E-state index contributed by atoms with van der Waals surface area (Å²) in [6, 6.07) is 0. The molecule has 0 nitrogen and oxygen atoms in total. The van der Waals surface area contributed by atoms with E-state index in [4.69, 9.17) is 0 Å². The first-order valence-corrected chi connectivity index (χ1v) is 16.1. The number of unbranched alkanes of at least 4 members (excludes halogenated alkanes) is 11. The molecule has 2 aliphatic rings. The summed E-state index contributed by atoms with van der Waals surface area (Å²) in [5, 5.41) is 0. The van der Waals surface area contributed by atoms with E-state index in [-0.39, 0.29) is 0 Å². The Kier molecular flexibility index (Phi) is 14.5. The van der Waals surface area contributed by atoms with E-state index in [0.29, 0.717) is 10.8 Å². The fraction of sp³-hybridized carbons (Fsp3) is 0.941. The van der Waals surface area contributed by atoms with Gasteiger partial charge in [-0.15, -0.1) is 0 Å². The molecule has 0 bridgehead atoms. The van der Waals surface area contributed by atoms with Crippen LogP contribution < -0.4 is 0 Å². The Labute approximate surface area is 216 Å². The Morgan fingerprint density at radius 1 is 0.765 bits per heavy atom. The summed E-state index contributed by atoms with van der Waals surface area (Å²) in [7, 11) is 0. The second-order valence-corrected chi connectivity index (χ2v) is 13.6. The smallest absolute Gasteiger partial charge is 0.0175 e. The van der Waals surface area contributed by atoms with Gasteiger partial charge >= 0.3 is 0 Å². The van der Waals surface area contributed by atoms with Crippen molar-refractivity contribution in [3.63, 3.8) is 0 Å². The maximum atomic E-state index is 2.65. The third-order valence-corrected chi connectivity index (χ3v) is 10.0. The maximum absolute atomic E-state index is 2.65. The van der Waals surface area contributed by atoms with E-state index >= 15 is 0 Å². The summed E-state index contributed by atoms with van der Waals surface area (Å²) in [5.74, 6) is 2.80. The molecule has 4 unspecified atom stereocenters.